The number of hydrogen-bond acceptors (Lipinski definition) is 3. The van der Waals surface area contributed by atoms with Crippen LogP contribution < -0.4 is 10.5 Å². The Morgan fingerprint density at radius 1 is 1.38 bits per heavy atom. The Kier molecular flexibility index (Phi) is 3.52. The van der Waals surface area contributed by atoms with Crippen LogP contribution in [0.1, 0.15) is 0 Å². The first-order chi connectivity index (χ1) is 6.25. The topological polar surface area (TPSA) is 44.5 Å². The smallest absolute Gasteiger partial charge is 0.177 e. The van der Waals surface area contributed by atoms with Gasteiger partial charge in [-0.2, -0.15) is 0 Å². The molecule has 72 valence electrons. The summed E-state index contributed by atoms with van der Waals surface area (Å²) in [5.74, 6) is -0.351. The summed E-state index contributed by atoms with van der Waals surface area (Å²) in [5, 5.41) is 0. The van der Waals surface area contributed by atoms with Crippen molar-refractivity contribution in [3.8, 4) is 5.75 Å². The van der Waals surface area contributed by atoms with Crippen LogP contribution in [0, 0.1) is 5.82 Å². The highest BCUT2D eigenvalue weighted by atomic mass is 19.1. The van der Waals surface area contributed by atoms with Gasteiger partial charge in [-0.15, -0.1) is 0 Å². The minimum atomic E-state index is -0.448. The maximum Gasteiger partial charge on any atom is 0.177 e. The molecule has 4 heteroatoms. The van der Waals surface area contributed by atoms with E-state index in [1.807, 2.05) is 0 Å². The maximum absolute atomic E-state index is 13.0. The van der Waals surface area contributed by atoms with Gasteiger partial charge in [0.15, 0.2) is 11.6 Å². The Hall–Kier alpha value is -1.29. The number of ether oxygens (including phenoxy) is 2. The van der Waals surface area contributed by atoms with Gasteiger partial charge in [0.25, 0.3) is 0 Å². The van der Waals surface area contributed by atoms with Gasteiger partial charge in [-0.05, 0) is 12.1 Å². The van der Waals surface area contributed by atoms with Crippen LogP contribution in [0.4, 0.5) is 10.1 Å². The van der Waals surface area contributed by atoms with Gasteiger partial charge in [0, 0.05) is 7.11 Å². The summed E-state index contributed by atoms with van der Waals surface area (Å²) < 4.78 is 22.9. The van der Waals surface area contributed by atoms with Gasteiger partial charge in [0.2, 0.25) is 0 Å². The Morgan fingerprint density at radius 3 is 2.77 bits per heavy atom. The SMILES string of the molecule is COCCOc1c(N)cccc1F. The average molecular weight is 185 g/mol. The molecule has 0 bridgehead atoms. The molecule has 13 heavy (non-hydrogen) atoms. The van der Waals surface area contributed by atoms with Crippen LogP contribution in [0.5, 0.6) is 5.75 Å². The van der Waals surface area contributed by atoms with E-state index in [2.05, 4.69) is 0 Å². The van der Waals surface area contributed by atoms with E-state index in [0.29, 0.717) is 18.9 Å². The van der Waals surface area contributed by atoms with E-state index in [1.165, 1.54) is 12.1 Å². The molecule has 0 aromatic heterocycles. The van der Waals surface area contributed by atoms with Gasteiger partial charge in [0.1, 0.15) is 6.61 Å². The summed E-state index contributed by atoms with van der Waals surface area (Å²) in [6.07, 6.45) is 0. The molecule has 3 nitrogen and oxygen atoms in total. The highest BCUT2D eigenvalue weighted by Crippen LogP contribution is 2.24. The van der Waals surface area contributed by atoms with E-state index in [-0.39, 0.29) is 5.75 Å². The number of para-hydroxylation sites is 1. The van der Waals surface area contributed by atoms with Crippen LogP contribution in [-0.4, -0.2) is 20.3 Å². The zero-order valence-electron chi connectivity index (χ0n) is 7.42. The molecule has 0 aliphatic carbocycles. The number of halogens is 1. The van der Waals surface area contributed by atoms with Crippen LogP contribution in [0.3, 0.4) is 0 Å². The van der Waals surface area contributed by atoms with E-state index in [9.17, 15) is 4.39 Å². The summed E-state index contributed by atoms with van der Waals surface area (Å²) in [7, 11) is 1.55. The summed E-state index contributed by atoms with van der Waals surface area (Å²) in [5.41, 5.74) is 5.80. The molecule has 0 saturated heterocycles. The lowest BCUT2D eigenvalue weighted by Gasteiger charge is -2.08. The lowest BCUT2D eigenvalue weighted by molar-refractivity contribution is 0.144. The highest BCUT2D eigenvalue weighted by molar-refractivity contribution is 5.52. The molecule has 0 heterocycles. The van der Waals surface area contributed by atoms with Crippen LogP contribution in [0.25, 0.3) is 0 Å². The number of hydrogen-bond donors (Lipinski definition) is 1. The molecule has 1 aromatic carbocycles. The first-order valence-electron chi connectivity index (χ1n) is 3.91. The van der Waals surface area contributed by atoms with Gasteiger partial charge in [0.05, 0.1) is 12.3 Å². The van der Waals surface area contributed by atoms with E-state index < -0.39 is 5.82 Å². The van der Waals surface area contributed by atoms with Crippen molar-refractivity contribution in [3.63, 3.8) is 0 Å². The van der Waals surface area contributed by atoms with Crippen molar-refractivity contribution >= 4 is 5.69 Å². The standard InChI is InChI=1S/C9H12FNO2/c1-12-5-6-13-9-7(10)3-2-4-8(9)11/h2-4H,5-6,11H2,1H3. The van der Waals surface area contributed by atoms with Crippen LogP contribution in [0.2, 0.25) is 0 Å². The van der Waals surface area contributed by atoms with Crippen LogP contribution in [0.15, 0.2) is 18.2 Å². The second-order valence-corrected chi connectivity index (χ2v) is 2.50. The quantitative estimate of drug-likeness (QED) is 0.570. The third-order valence-corrected chi connectivity index (χ3v) is 1.53. The molecule has 0 amide bonds. The first kappa shape index (κ1) is 9.80. The zero-order valence-corrected chi connectivity index (χ0v) is 7.42. The minimum absolute atomic E-state index is 0.0968. The molecule has 0 aliphatic rings. The van der Waals surface area contributed by atoms with Gasteiger partial charge in [-0.1, -0.05) is 6.07 Å². The van der Waals surface area contributed by atoms with Gasteiger partial charge < -0.3 is 15.2 Å². The number of nitrogen functional groups attached to an aromatic ring is 1. The molecule has 0 fully saturated rings. The number of benzene rings is 1. The van der Waals surface area contributed by atoms with E-state index in [4.69, 9.17) is 15.2 Å². The van der Waals surface area contributed by atoms with Crippen molar-refractivity contribution in [3.05, 3.63) is 24.0 Å². The lowest BCUT2D eigenvalue weighted by atomic mass is 10.3. The largest absolute Gasteiger partial charge is 0.486 e. The first-order valence-corrected chi connectivity index (χ1v) is 3.91. The number of nitrogens with two attached hydrogens (primary N) is 1. The molecule has 0 saturated carbocycles. The zero-order chi connectivity index (χ0) is 9.68. The van der Waals surface area contributed by atoms with Crippen LogP contribution >= 0.6 is 0 Å². The van der Waals surface area contributed by atoms with Crippen molar-refractivity contribution in [2.24, 2.45) is 0 Å². The average Bonchev–Trinajstić information content (AvgIpc) is 2.10. The maximum atomic E-state index is 13.0. The molecular weight excluding hydrogens is 173 g/mol. The van der Waals surface area contributed by atoms with Gasteiger partial charge in [-0.25, -0.2) is 4.39 Å². The van der Waals surface area contributed by atoms with E-state index in [0.717, 1.165) is 0 Å². The molecule has 1 aromatic rings. The summed E-state index contributed by atoms with van der Waals surface area (Å²) in [4.78, 5) is 0. The molecular formula is C9H12FNO2. The van der Waals surface area contributed by atoms with Crippen molar-refractivity contribution in [1.29, 1.82) is 0 Å². The number of methoxy groups -OCH3 is 1. The molecule has 0 spiro atoms. The summed E-state index contributed by atoms with van der Waals surface area (Å²) in [6, 6.07) is 4.43. The number of anilines is 1. The third kappa shape index (κ3) is 2.59. The predicted molar refractivity (Wildman–Crippen MR) is 48.2 cm³/mol. The molecule has 1 rings (SSSR count). The molecule has 0 atom stereocenters. The lowest BCUT2D eigenvalue weighted by Crippen LogP contribution is -2.07. The summed E-state index contributed by atoms with van der Waals surface area (Å²) in [6.45, 7) is 0.704. The molecule has 0 aliphatic heterocycles. The molecule has 0 unspecified atom stereocenters. The van der Waals surface area contributed by atoms with Crippen molar-refractivity contribution in [2.45, 2.75) is 0 Å². The van der Waals surface area contributed by atoms with Gasteiger partial charge >= 0.3 is 0 Å². The van der Waals surface area contributed by atoms with E-state index >= 15 is 0 Å². The predicted octanol–water partition coefficient (Wildman–Crippen LogP) is 1.43. The fourth-order valence-electron chi connectivity index (χ4n) is 0.905. The van der Waals surface area contributed by atoms with Gasteiger partial charge in [-0.3, -0.25) is 0 Å². The second kappa shape index (κ2) is 4.67. The Bertz CT molecular complexity index is 258. The minimum Gasteiger partial charge on any atom is -0.486 e. The summed E-state index contributed by atoms with van der Waals surface area (Å²) >= 11 is 0. The fraction of sp³-hybridized carbons (Fsp3) is 0.333. The highest BCUT2D eigenvalue weighted by Gasteiger charge is 2.05. The van der Waals surface area contributed by atoms with Crippen molar-refractivity contribution in [2.75, 3.05) is 26.1 Å². The number of rotatable bonds is 4. The second-order valence-electron chi connectivity index (χ2n) is 2.50. The molecule has 0 radical (unpaired) electrons. The Balaban J connectivity index is 2.64. The third-order valence-electron chi connectivity index (χ3n) is 1.53. The fourth-order valence-corrected chi connectivity index (χ4v) is 0.905. The van der Waals surface area contributed by atoms with Crippen molar-refractivity contribution < 1.29 is 13.9 Å². The normalized spacial score (nSPS) is 10.0. The Labute approximate surface area is 76.3 Å². The monoisotopic (exact) mass is 185 g/mol. The Morgan fingerprint density at radius 2 is 2.15 bits per heavy atom. The van der Waals surface area contributed by atoms with Crippen molar-refractivity contribution in [1.82, 2.24) is 0 Å². The molecule has 2 N–H and O–H groups in total. The van der Waals surface area contributed by atoms with Crippen LogP contribution in [-0.2, 0) is 4.74 Å². The van der Waals surface area contributed by atoms with E-state index in [1.54, 1.807) is 13.2 Å².